The number of benzene rings is 2. The van der Waals surface area contributed by atoms with Gasteiger partial charge in [0.1, 0.15) is 11.5 Å². The molecule has 0 aliphatic carbocycles. The second-order valence-electron chi connectivity index (χ2n) is 3.90. The van der Waals surface area contributed by atoms with Crippen LogP contribution in [0.3, 0.4) is 0 Å². The van der Waals surface area contributed by atoms with Crippen LogP contribution in [0.1, 0.15) is 18.1 Å². The minimum atomic E-state index is -0.504. The van der Waals surface area contributed by atoms with Gasteiger partial charge < -0.3 is 4.84 Å². The maximum Gasteiger partial charge on any atom is 0.332 e. The Labute approximate surface area is 110 Å². The standard InChI is InChI=1S/C15H12FNO2/c1-11(18)19-17-15(12-5-3-2-4-6-12)13-7-9-14(16)10-8-13/h2-10H,1H3/b17-15+. The number of nitrogens with zero attached hydrogens (tertiary/aromatic N) is 1. The Kier molecular flexibility index (Phi) is 4.03. The van der Waals surface area contributed by atoms with Crippen LogP contribution in [0.25, 0.3) is 0 Å². The fourth-order valence-electron chi connectivity index (χ4n) is 1.59. The van der Waals surface area contributed by atoms with Crippen molar-refractivity contribution in [2.75, 3.05) is 0 Å². The van der Waals surface area contributed by atoms with Crippen LogP contribution < -0.4 is 0 Å². The molecule has 0 saturated heterocycles. The number of carbonyl (C=O) groups excluding carboxylic acids is 1. The van der Waals surface area contributed by atoms with Gasteiger partial charge in [0.15, 0.2) is 0 Å². The Morgan fingerprint density at radius 2 is 1.58 bits per heavy atom. The Bertz CT molecular complexity index is 591. The molecule has 0 N–H and O–H groups in total. The van der Waals surface area contributed by atoms with E-state index in [2.05, 4.69) is 5.16 Å². The smallest absolute Gasteiger partial charge is 0.318 e. The van der Waals surface area contributed by atoms with Gasteiger partial charge in [-0.1, -0.05) is 35.5 Å². The predicted octanol–water partition coefficient (Wildman–Crippen LogP) is 3.14. The van der Waals surface area contributed by atoms with Crippen molar-refractivity contribution in [3.8, 4) is 0 Å². The van der Waals surface area contributed by atoms with E-state index >= 15 is 0 Å². The van der Waals surface area contributed by atoms with Gasteiger partial charge in [-0.15, -0.1) is 0 Å². The van der Waals surface area contributed by atoms with Gasteiger partial charge in [0.2, 0.25) is 0 Å². The number of carbonyl (C=O) groups is 1. The van der Waals surface area contributed by atoms with Gasteiger partial charge in [0.25, 0.3) is 0 Å². The molecule has 2 aromatic carbocycles. The Morgan fingerprint density at radius 3 is 2.16 bits per heavy atom. The maximum atomic E-state index is 12.9. The van der Waals surface area contributed by atoms with E-state index in [4.69, 9.17) is 4.84 Å². The summed E-state index contributed by atoms with van der Waals surface area (Å²) in [5.74, 6) is -0.834. The van der Waals surface area contributed by atoms with Crippen LogP contribution >= 0.6 is 0 Å². The van der Waals surface area contributed by atoms with Gasteiger partial charge in [-0.3, -0.25) is 0 Å². The molecule has 0 aromatic heterocycles. The summed E-state index contributed by atoms with van der Waals surface area (Å²) in [6, 6.07) is 15.1. The minimum Gasteiger partial charge on any atom is -0.318 e. The molecule has 0 aliphatic rings. The van der Waals surface area contributed by atoms with Crippen molar-refractivity contribution in [3.05, 3.63) is 71.5 Å². The van der Waals surface area contributed by atoms with Crippen LogP contribution in [0, 0.1) is 5.82 Å². The summed E-state index contributed by atoms with van der Waals surface area (Å²) in [7, 11) is 0. The number of hydrogen-bond acceptors (Lipinski definition) is 3. The molecule has 0 heterocycles. The lowest BCUT2D eigenvalue weighted by atomic mass is 10.0. The summed E-state index contributed by atoms with van der Waals surface area (Å²) in [6.45, 7) is 1.27. The zero-order valence-corrected chi connectivity index (χ0v) is 10.3. The molecule has 0 unspecified atom stereocenters. The fourth-order valence-corrected chi connectivity index (χ4v) is 1.59. The van der Waals surface area contributed by atoms with Crippen molar-refractivity contribution < 1.29 is 14.0 Å². The van der Waals surface area contributed by atoms with Crippen LogP contribution in [0.5, 0.6) is 0 Å². The molecule has 0 spiro atoms. The summed E-state index contributed by atoms with van der Waals surface area (Å²) >= 11 is 0. The van der Waals surface area contributed by atoms with E-state index in [0.29, 0.717) is 11.3 Å². The predicted molar refractivity (Wildman–Crippen MR) is 70.2 cm³/mol. The minimum absolute atomic E-state index is 0.330. The third-order valence-corrected chi connectivity index (χ3v) is 2.43. The summed E-state index contributed by atoms with van der Waals surface area (Å²) in [5, 5.41) is 3.84. The molecule has 0 atom stereocenters. The highest BCUT2D eigenvalue weighted by Crippen LogP contribution is 2.12. The lowest BCUT2D eigenvalue weighted by Gasteiger charge is -2.06. The van der Waals surface area contributed by atoms with Crippen LogP contribution in [-0.2, 0) is 9.63 Å². The molecular formula is C15H12FNO2. The van der Waals surface area contributed by atoms with Gasteiger partial charge in [0.05, 0.1) is 0 Å². The molecule has 2 aromatic rings. The van der Waals surface area contributed by atoms with Crippen molar-refractivity contribution in [1.29, 1.82) is 0 Å². The summed E-state index contributed by atoms with van der Waals surface area (Å²) < 4.78 is 12.9. The lowest BCUT2D eigenvalue weighted by Crippen LogP contribution is -2.06. The van der Waals surface area contributed by atoms with Crippen LogP contribution in [0.15, 0.2) is 59.8 Å². The summed E-state index contributed by atoms with van der Waals surface area (Å²) in [6.07, 6.45) is 0. The van der Waals surface area contributed by atoms with Crippen molar-refractivity contribution >= 4 is 11.7 Å². The SMILES string of the molecule is CC(=O)O/N=C(\c1ccccc1)c1ccc(F)cc1. The van der Waals surface area contributed by atoms with Gasteiger partial charge in [0, 0.05) is 18.1 Å². The van der Waals surface area contributed by atoms with E-state index < -0.39 is 5.97 Å². The Hall–Kier alpha value is -2.49. The van der Waals surface area contributed by atoms with Gasteiger partial charge in [-0.2, -0.15) is 0 Å². The third-order valence-electron chi connectivity index (χ3n) is 2.43. The molecule has 19 heavy (non-hydrogen) atoms. The molecule has 2 rings (SSSR count). The second kappa shape index (κ2) is 5.91. The zero-order valence-electron chi connectivity index (χ0n) is 10.3. The number of halogens is 1. The Balaban J connectivity index is 2.43. The van der Waals surface area contributed by atoms with E-state index in [1.54, 1.807) is 12.1 Å². The molecule has 0 fully saturated rings. The summed E-state index contributed by atoms with van der Waals surface area (Å²) in [4.78, 5) is 15.6. The highest BCUT2D eigenvalue weighted by molar-refractivity contribution is 6.12. The van der Waals surface area contributed by atoms with Crippen LogP contribution in [0.2, 0.25) is 0 Å². The molecule has 96 valence electrons. The van der Waals surface area contributed by atoms with Crippen LogP contribution in [-0.4, -0.2) is 11.7 Å². The molecule has 0 amide bonds. The van der Waals surface area contributed by atoms with Gasteiger partial charge in [-0.05, 0) is 24.3 Å². The molecule has 0 aliphatic heterocycles. The maximum absolute atomic E-state index is 12.9. The fraction of sp³-hybridized carbons (Fsp3) is 0.0667. The first-order valence-corrected chi connectivity index (χ1v) is 5.74. The van der Waals surface area contributed by atoms with Crippen LogP contribution in [0.4, 0.5) is 4.39 Å². The topological polar surface area (TPSA) is 38.7 Å². The first kappa shape index (κ1) is 13.0. The number of rotatable bonds is 3. The first-order valence-electron chi connectivity index (χ1n) is 5.74. The monoisotopic (exact) mass is 257 g/mol. The van der Waals surface area contributed by atoms with E-state index in [0.717, 1.165) is 5.56 Å². The molecule has 0 radical (unpaired) electrons. The number of hydrogen-bond donors (Lipinski definition) is 0. The largest absolute Gasteiger partial charge is 0.332 e. The average Bonchev–Trinajstić information content (AvgIpc) is 2.42. The third kappa shape index (κ3) is 3.48. The first-order chi connectivity index (χ1) is 9.16. The van der Waals surface area contributed by atoms with E-state index in [-0.39, 0.29) is 5.82 Å². The molecule has 0 saturated carbocycles. The van der Waals surface area contributed by atoms with Gasteiger partial charge in [-0.25, -0.2) is 9.18 Å². The molecule has 3 nitrogen and oxygen atoms in total. The van der Waals surface area contributed by atoms with Gasteiger partial charge >= 0.3 is 5.97 Å². The number of oxime groups is 1. The molecule has 0 bridgehead atoms. The lowest BCUT2D eigenvalue weighted by molar-refractivity contribution is -0.140. The average molecular weight is 257 g/mol. The summed E-state index contributed by atoms with van der Waals surface area (Å²) in [5.41, 5.74) is 1.94. The molecular weight excluding hydrogens is 245 g/mol. The van der Waals surface area contributed by atoms with E-state index in [9.17, 15) is 9.18 Å². The molecule has 4 heteroatoms. The highest BCUT2D eigenvalue weighted by atomic mass is 19.1. The van der Waals surface area contributed by atoms with E-state index in [1.807, 2.05) is 30.3 Å². The van der Waals surface area contributed by atoms with Crippen molar-refractivity contribution in [2.45, 2.75) is 6.92 Å². The second-order valence-corrected chi connectivity index (χ2v) is 3.90. The zero-order chi connectivity index (χ0) is 13.7. The van der Waals surface area contributed by atoms with Crippen molar-refractivity contribution in [3.63, 3.8) is 0 Å². The quantitative estimate of drug-likeness (QED) is 0.481. The normalized spacial score (nSPS) is 11.2. The van der Waals surface area contributed by atoms with Crippen molar-refractivity contribution in [2.24, 2.45) is 5.16 Å². The van der Waals surface area contributed by atoms with Crippen molar-refractivity contribution in [1.82, 2.24) is 0 Å². The van der Waals surface area contributed by atoms with E-state index in [1.165, 1.54) is 19.1 Å². The Morgan fingerprint density at radius 1 is 1.00 bits per heavy atom. The highest BCUT2D eigenvalue weighted by Gasteiger charge is 2.08.